The fourth-order valence-corrected chi connectivity index (χ4v) is 2.25. The first kappa shape index (κ1) is 14.1. The molecule has 3 unspecified atom stereocenters. The zero-order valence-corrected chi connectivity index (χ0v) is 9.56. The van der Waals surface area contributed by atoms with Crippen molar-refractivity contribution in [1.82, 2.24) is 0 Å². The van der Waals surface area contributed by atoms with Crippen LogP contribution in [0.15, 0.2) is 0 Å². The molecule has 0 aromatic heterocycles. The van der Waals surface area contributed by atoms with E-state index in [0.717, 1.165) is 6.92 Å². The summed E-state index contributed by atoms with van der Waals surface area (Å²) in [5, 5.41) is 15.6. The van der Waals surface area contributed by atoms with Crippen LogP contribution in [0.4, 0.5) is 0 Å². The second kappa shape index (κ2) is 5.28. The van der Waals surface area contributed by atoms with E-state index in [1.807, 2.05) is 0 Å². The molecule has 0 aliphatic heterocycles. The maximum absolute atomic E-state index is 11.1. The largest absolute Gasteiger partial charge is 0.481 e. The van der Waals surface area contributed by atoms with Crippen molar-refractivity contribution in [3.63, 3.8) is 0 Å². The van der Waals surface area contributed by atoms with Gasteiger partial charge in [0.2, 0.25) is 8.03 Å². The molecular weight excluding hydrogens is 223 g/mol. The molecule has 0 saturated heterocycles. The molecule has 0 heterocycles. The standard InChI is InChI=1S/C8H15O6P/c1-3-5(4-6(9)10)8(2,7(11)12)15(13)14/h5,15H,3-4H2,1-2H3,(H,9,10)(H,11,12)(H,13,14). The Morgan fingerprint density at radius 1 is 1.40 bits per heavy atom. The lowest BCUT2D eigenvalue weighted by Crippen LogP contribution is -2.40. The molecule has 0 amide bonds. The highest BCUT2D eigenvalue weighted by Crippen LogP contribution is 2.44. The molecule has 7 heteroatoms. The molecule has 0 saturated carbocycles. The van der Waals surface area contributed by atoms with Gasteiger partial charge >= 0.3 is 11.9 Å². The lowest BCUT2D eigenvalue weighted by atomic mass is 9.88. The summed E-state index contributed by atoms with van der Waals surface area (Å²) in [6.45, 7) is 2.72. The normalized spacial score (nSPS) is 18.9. The van der Waals surface area contributed by atoms with Crippen LogP contribution in [0.5, 0.6) is 0 Å². The van der Waals surface area contributed by atoms with Crippen molar-refractivity contribution >= 4 is 20.0 Å². The Morgan fingerprint density at radius 3 is 2.07 bits per heavy atom. The van der Waals surface area contributed by atoms with E-state index in [9.17, 15) is 14.2 Å². The average Bonchev–Trinajstić information content (AvgIpc) is 2.11. The minimum atomic E-state index is -3.34. The van der Waals surface area contributed by atoms with E-state index in [4.69, 9.17) is 15.1 Å². The van der Waals surface area contributed by atoms with E-state index in [1.165, 1.54) is 0 Å². The highest BCUT2D eigenvalue weighted by Gasteiger charge is 2.46. The molecule has 0 fully saturated rings. The first-order valence-corrected chi connectivity index (χ1v) is 5.80. The lowest BCUT2D eigenvalue weighted by molar-refractivity contribution is -0.143. The Bertz CT molecular complexity index is 273. The van der Waals surface area contributed by atoms with Crippen LogP contribution in [0, 0.1) is 5.92 Å². The predicted octanol–water partition coefficient (Wildman–Crippen LogP) is 0.798. The first-order chi connectivity index (χ1) is 6.76. The topological polar surface area (TPSA) is 112 Å². The van der Waals surface area contributed by atoms with Crippen LogP contribution in [0.3, 0.4) is 0 Å². The number of aliphatic carboxylic acids is 2. The fourth-order valence-electron chi connectivity index (χ4n) is 1.41. The Balaban J connectivity index is 5.11. The first-order valence-electron chi connectivity index (χ1n) is 4.45. The molecule has 0 rings (SSSR count). The smallest absolute Gasteiger partial charge is 0.319 e. The molecule has 0 spiro atoms. The third kappa shape index (κ3) is 3.04. The second-order valence-corrected chi connectivity index (χ2v) is 5.16. The number of rotatable bonds is 6. The van der Waals surface area contributed by atoms with Gasteiger partial charge in [0.05, 0.1) is 0 Å². The number of carbonyl (C=O) groups is 2. The van der Waals surface area contributed by atoms with Gasteiger partial charge in [0.1, 0.15) is 5.16 Å². The molecule has 0 bridgehead atoms. The van der Waals surface area contributed by atoms with Crippen molar-refractivity contribution in [3.05, 3.63) is 0 Å². The van der Waals surface area contributed by atoms with Crippen LogP contribution in [0.2, 0.25) is 0 Å². The van der Waals surface area contributed by atoms with Gasteiger partial charge in [0.15, 0.2) is 0 Å². The molecule has 6 nitrogen and oxygen atoms in total. The summed E-state index contributed by atoms with van der Waals surface area (Å²) < 4.78 is 11.1. The van der Waals surface area contributed by atoms with E-state index in [2.05, 4.69) is 0 Å². The minimum Gasteiger partial charge on any atom is -0.481 e. The van der Waals surface area contributed by atoms with Crippen LogP contribution in [-0.2, 0) is 14.2 Å². The summed E-state index contributed by atoms with van der Waals surface area (Å²) in [4.78, 5) is 30.4. The molecule has 88 valence electrons. The highest BCUT2D eigenvalue weighted by molar-refractivity contribution is 7.41. The number of carboxylic acids is 2. The molecule has 0 radical (unpaired) electrons. The van der Waals surface area contributed by atoms with Crippen molar-refractivity contribution < 1.29 is 29.3 Å². The third-order valence-electron chi connectivity index (χ3n) is 2.62. The summed E-state index contributed by atoms with van der Waals surface area (Å²) in [6.07, 6.45) is -0.192. The molecule has 3 atom stereocenters. The summed E-state index contributed by atoms with van der Waals surface area (Å²) >= 11 is 0. The zero-order chi connectivity index (χ0) is 12.2. The third-order valence-corrected chi connectivity index (χ3v) is 4.13. The van der Waals surface area contributed by atoms with E-state index in [0.29, 0.717) is 0 Å². The predicted molar refractivity (Wildman–Crippen MR) is 53.3 cm³/mol. The van der Waals surface area contributed by atoms with Crippen LogP contribution >= 0.6 is 8.03 Å². The van der Waals surface area contributed by atoms with Crippen LogP contribution < -0.4 is 0 Å². The molecule has 0 aromatic rings. The van der Waals surface area contributed by atoms with Gasteiger partial charge < -0.3 is 15.1 Å². The number of carboxylic acid groups (broad SMARTS) is 2. The second-order valence-electron chi connectivity index (χ2n) is 3.52. The molecule has 0 aliphatic rings. The van der Waals surface area contributed by atoms with Gasteiger partial charge in [-0.15, -0.1) is 0 Å². The Morgan fingerprint density at radius 2 is 1.87 bits per heavy atom. The fraction of sp³-hybridized carbons (Fsp3) is 0.750. The Kier molecular flexibility index (Phi) is 4.97. The quantitative estimate of drug-likeness (QED) is 0.590. The monoisotopic (exact) mass is 238 g/mol. The van der Waals surface area contributed by atoms with E-state index in [1.54, 1.807) is 6.92 Å². The maximum atomic E-state index is 11.1. The van der Waals surface area contributed by atoms with Gasteiger partial charge in [-0.25, -0.2) is 0 Å². The Hall–Kier alpha value is -0.870. The van der Waals surface area contributed by atoms with Gasteiger partial charge in [0.25, 0.3) is 0 Å². The van der Waals surface area contributed by atoms with Crippen molar-refractivity contribution in [2.24, 2.45) is 5.92 Å². The van der Waals surface area contributed by atoms with Crippen molar-refractivity contribution in [3.8, 4) is 0 Å². The molecule has 3 N–H and O–H groups in total. The number of hydrogen-bond acceptors (Lipinski definition) is 3. The number of hydrogen-bond donors (Lipinski definition) is 3. The molecule has 0 aromatic carbocycles. The van der Waals surface area contributed by atoms with E-state index in [-0.39, 0.29) is 6.42 Å². The molecule has 15 heavy (non-hydrogen) atoms. The summed E-state index contributed by atoms with van der Waals surface area (Å²) in [7, 11) is -3.34. The minimum absolute atomic E-state index is 0.228. The summed E-state index contributed by atoms with van der Waals surface area (Å²) in [6, 6.07) is 0. The SMILES string of the molecule is CCC(CC(=O)O)C(C)(C(=O)O)[PH](=O)O. The highest BCUT2D eigenvalue weighted by atomic mass is 31.1. The van der Waals surface area contributed by atoms with Crippen LogP contribution in [0.25, 0.3) is 0 Å². The summed E-state index contributed by atoms with van der Waals surface area (Å²) in [5.74, 6) is -3.44. The van der Waals surface area contributed by atoms with Crippen LogP contribution in [-0.4, -0.2) is 32.2 Å². The van der Waals surface area contributed by atoms with E-state index < -0.39 is 37.5 Å². The lowest BCUT2D eigenvalue weighted by Gasteiger charge is -2.29. The molecule has 0 aliphatic carbocycles. The van der Waals surface area contributed by atoms with Crippen LogP contribution in [0.1, 0.15) is 26.7 Å². The maximum Gasteiger partial charge on any atom is 0.319 e. The Labute approximate surface area is 87.8 Å². The van der Waals surface area contributed by atoms with Gasteiger partial charge in [-0.3, -0.25) is 14.2 Å². The average molecular weight is 238 g/mol. The van der Waals surface area contributed by atoms with Gasteiger partial charge in [-0.2, -0.15) is 0 Å². The van der Waals surface area contributed by atoms with Gasteiger partial charge in [-0.05, 0) is 12.8 Å². The van der Waals surface area contributed by atoms with E-state index >= 15 is 0 Å². The van der Waals surface area contributed by atoms with Crippen molar-refractivity contribution in [1.29, 1.82) is 0 Å². The molecular formula is C8H15O6P. The van der Waals surface area contributed by atoms with Gasteiger partial charge in [0, 0.05) is 6.42 Å². The zero-order valence-electron chi connectivity index (χ0n) is 8.56. The van der Waals surface area contributed by atoms with Crippen molar-refractivity contribution in [2.75, 3.05) is 0 Å². The van der Waals surface area contributed by atoms with Gasteiger partial charge in [-0.1, -0.05) is 13.3 Å². The summed E-state index contributed by atoms with van der Waals surface area (Å²) in [5.41, 5.74) is 0. The van der Waals surface area contributed by atoms with Crippen molar-refractivity contribution in [2.45, 2.75) is 31.8 Å².